The summed E-state index contributed by atoms with van der Waals surface area (Å²) < 4.78 is 19.2. The summed E-state index contributed by atoms with van der Waals surface area (Å²) in [5, 5.41) is 2.73. The fourth-order valence-corrected chi connectivity index (χ4v) is 2.12. The molecule has 1 aromatic carbocycles. The van der Waals surface area contributed by atoms with Crippen LogP contribution in [0, 0.1) is 5.82 Å². The summed E-state index contributed by atoms with van der Waals surface area (Å²) in [5.41, 5.74) is 1.11. The van der Waals surface area contributed by atoms with Gasteiger partial charge in [0, 0.05) is 28.8 Å². The predicted molar refractivity (Wildman–Crippen MR) is 80.7 cm³/mol. The molecule has 2 aromatic rings. The lowest BCUT2D eigenvalue weighted by atomic mass is 10.2. The van der Waals surface area contributed by atoms with Crippen molar-refractivity contribution in [1.82, 2.24) is 10.3 Å². The van der Waals surface area contributed by atoms with E-state index in [2.05, 4.69) is 26.2 Å². The van der Waals surface area contributed by atoms with E-state index in [0.29, 0.717) is 23.6 Å². The summed E-state index contributed by atoms with van der Waals surface area (Å²) in [6.45, 7) is 2.55. The van der Waals surface area contributed by atoms with Gasteiger partial charge in [-0.15, -0.1) is 0 Å². The highest BCUT2D eigenvalue weighted by atomic mass is 79.9. The van der Waals surface area contributed by atoms with Gasteiger partial charge in [0.25, 0.3) is 5.91 Å². The molecule has 0 bridgehead atoms. The Morgan fingerprint density at radius 2 is 2.19 bits per heavy atom. The molecule has 0 aliphatic rings. The highest BCUT2D eigenvalue weighted by molar-refractivity contribution is 9.10. The molecule has 110 valence electrons. The van der Waals surface area contributed by atoms with Crippen LogP contribution in [0.4, 0.5) is 4.39 Å². The summed E-state index contributed by atoms with van der Waals surface area (Å²) >= 11 is 3.32. The van der Waals surface area contributed by atoms with Crippen LogP contribution in [0.1, 0.15) is 22.8 Å². The van der Waals surface area contributed by atoms with Crippen LogP contribution in [0.2, 0.25) is 0 Å². The second-order valence-corrected chi connectivity index (χ2v) is 5.09. The normalized spacial score (nSPS) is 10.2. The fraction of sp³-hybridized carbons (Fsp3) is 0.200. The SMILES string of the molecule is CCOc1cc(C(=O)NCc2cc(F)ccc2Br)ccn1. The molecule has 1 N–H and O–H groups in total. The van der Waals surface area contributed by atoms with Gasteiger partial charge in [0.05, 0.1) is 6.61 Å². The third kappa shape index (κ3) is 4.26. The molecule has 0 fully saturated rings. The minimum Gasteiger partial charge on any atom is -0.478 e. The summed E-state index contributed by atoms with van der Waals surface area (Å²) in [6.07, 6.45) is 1.51. The molecule has 0 aliphatic carbocycles. The smallest absolute Gasteiger partial charge is 0.251 e. The van der Waals surface area contributed by atoms with Crippen molar-refractivity contribution in [2.75, 3.05) is 6.61 Å². The fourth-order valence-electron chi connectivity index (χ4n) is 1.73. The van der Waals surface area contributed by atoms with Gasteiger partial charge in [-0.1, -0.05) is 15.9 Å². The largest absolute Gasteiger partial charge is 0.478 e. The van der Waals surface area contributed by atoms with E-state index in [1.165, 1.54) is 18.3 Å². The number of rotatable bonds is 5. The van der Waals surface area contributed by atoms with Crippen LogP contribution in [0.5, 0.6) is 5.88 Å². The number of halogens is 2. The Bertz CT molecular complexity index is 649. The first kappa shape index (κ1) is 15.4. The Kier molecular flexibility index (Phi) is 5.27. The topological polar surface area (TPSA) is 51.2 Å². The van der Waals surface area contributed by atoms with E-state index in [4.69, 9.17) is 4.74 Å². The van der Waals surface area contributed by atoms with E-state index in [9.17, 15) is 9.18 Å². The molecule has 1 aromatic heterocycles. The zero-order valence-electron chi connectivity index (χ0n) is 11.4. The van der Waals surface area contributed by atoms with E-state index in [1.54, 1.807) is 18.2 Å². The van der Waals surface area contributed by atoms with E-state index >= 15 is 0 Å². The maximum atomic E-state index is 13.2. The lowest BCUT2D eigenvalue weighted by molar-refractivity contribution is 0.0950. The summed E-state index contributed by atoms with van der Waals surface area (Å²) in [7, 11) is 0. The molecule has 6 heteroatoms. The highest BCUT2D eigenvalue weighted by Crippen LogP contribution is 2.18. The van der Waals surface area contributed by atoms with Gasteiger partial charge in [0.1, 0.15) is 5.82 Å². The zero-order chi connectivity index (χ0) is 15.2. The Balaban J connectivity index is 2.04. The van der Waals surface area contributed by atoms with Crippen molar-refractivity contribution < 1.29 is 13.9 Å². The molecule has 0 atom stereocenters. The number of hydrogen-bond acceptors (Lipinski definition) is 3. The Morgan fingerprint density at radius 1 is 1.38 bits per heavy atom. The number of aromatic nitrogens is 1. The molecule has 0 saturated carbocycles. The van der Waals surface area contributed by atoms with Gasteiger partial charge in [-0.3, -0.25) is 4.79 Å². The molecule has 1 amide bonds. The Morgan fingerprint density at radius 3 is 2.95 bits per heavy atom. The number of amides is 1. The number of nitrogens with zero attached hydrogens (tertiary/aromatic N) is 1. The van der Waals surface area contributed by atoms with Crippen molar-refractivity contribution in [2.24, 2.45) is 0 Å². The van der Waals surface area contributed by atoms with E-state index in [-0.39, 0.29) is 18.3 Å². The van der Waals surface area contributed by atoms with Crippen molar-refractivity contribution in [1.29, 1.82) is 0 Å². The lowest BCUT2D eigenvalue weighted by Gasteiger charge is -2.08. The number of hydrogen-bond donors (Lipinski definition) is 1. The van der Waals surface area contributed by atoms with Crippen molar-refractivity contribution in [3.05, 3.63) is 57.9 Å². The van der Waals surface area contributed by atoms with Crippen LogP contribution < -0.4 is 10.1 Å². The zero-order valence-corrected chi connectivity index (χ0v) is 13.0. The number of pyridine rings is 1. The third-order valence-corrected chi connectivity index (χ3v) is 3.51. The first-order chi connectivity index (χ1) is 10.1. The molecular weight excluding hydrogens is 339 g/mol. The molecule has 4 nitrogen and oxygen atoms in total. The van der Waals surface area contributed by atoms with Crippen LogP contribution in [-0.4, -0.2) is 17.5 Å². The van der Waals surface area contributed by atoms with Gasteiger partial charge in [-0.2, -0.15) is 0 Å². The van der Waals surface area contributed by atoms with E-state index in [1.807, 2.05) is 6.92 Å². The molecular formula is C15H14BrFN2O2. The first-order valence-electron chi connectivity index (χ1n) is 6.41. The number of benzene rings is 1. The Labute approximate surface area is 130 Å². The predicted octanol–water partition coefficient (Wildman–Crippen LogP) is 3.31. The van der Waals surface area contributed by atoms with Gasteiger partial charge in [-0.05, 0) is 36.8 Å². The quantitative estimate of drug-likeness (QED) is 0.897. The van der Waals surface area contributed by atoms with Crippen LogP contribution in [0.25, 0.3) is 0 Å². The molecule has 21 heavy (non-hydrogen) atoms. The molecule has 0 saturated heterocycles. The van der Waals surface area contributed by atoms with Gasteiger partial charge >= 0.3 is 0 Å². The lowest BCUT2D eigenvalue weighted by Crippen LogP contribution is -2.23. The maximum absolute atomic E-state index is 13.2. The summed E-state index contributed by atoms with van der Waals surface area (Å²) in [4.78, 5) is 16.1. The van der Waals surface area contributed by atoms with Gasteiger partial charge in [0.2, 0.25) is 5.88 Å². The number of carbonyl (C=O) groups is 1. The molecule has 1 heterocycles. The minimum atomic E-state index is -0.343. The van der Waals surface area contributed by atoms with Gasteiger partial charge < -0.3 is 10.1 Å². The van der Waals surface area contributed by atoms with Crippen molar-refractivity contribution >= 4 is 21.8 Å². The van der Waals surface area contributed by atoms with Crippen LogP contribution in [-0.2, 0) is 6.54 Å². The van der Waals surface area contributed by atoms with E-state index in [0.717, 1.165) is 4.47 Å². The second-order valence-electron chi connectivity index (χ2n) is 4.23. The van der Waals surface area contributed by atoms with Gasteiger partial charge in [0.15, 0.2) is 0 Å². The van der Waals surface area contributed by atoms with Crippen LogP contribution in [0.15, 0.2) is 41.0 Å². The van der Waals surface area contributed by atoms with Gasteiger partial charge in [-0.25, -0.2) is 9.37 Å². The van der Waals surface area contributed by atoms with Crippen molar-refractivity contribution in [3.63, 3.8) is 0 Å². The molecule has 0 unspecified atom stereocenters. The van der Waals surface area contributed by atoms with Crippen LogP contribution >= 0.6 is 15.9 Å². The summed E-state index contributed by atoms with van der Waals surface area (Å²) in [6, 6.07) is 7.50. The maximum Gasteiger partial charge on any atom is 0.251 e. The molecule has 2 rings (SSSR count). The average molecular weight is 353 g/mol. The monoisotopic (exact) mass is 352 g/mol. The third-order valence-electron chi connectivity index (χ3n) is 2.74. The second kappa shape index (κ2) is 7.17. The number of ether oxygens (including phenoxy) is 1. The van der Waals surface area contributed by atoms with E-state index < -0.39 is 0 Å². The Hall–Kier alpha value is -1.95. The molecule has 0 aliphatic heterocycles. The first-order valence-corrected chi connectivity index (χ1v) is 7.20. The van der Waals surface area contributed by atoms with Crippen molar-refractivity contribution in [2.45, 2.75) is 13.5 Å². The minimum absolute atomic E-state index is 0.226. The van der Waals surface area contributed by atoms with Crippen molar-refractivity contribution in [3.8, 4) is 5.88 Å². The number of carbonyl (C=O) groups excluding carboxylic acids is 1. The number of nitrogens with one attached hydrogen (secondary N) is 1. The molecule has 0 spiro atoms. The highest BCUT2D eigenvalue weighted by Gasteiger charge is 2.09. The summed E-state index contributed by atoms with van der Waals surface area (Å²) in [5.74, 6) is -0.211. The standard InChI is InChI=1S/C15H14BrFN2O2/c1-2-21-14-8-10(5-6-18-14)15(20)19-9-11-7-12(17)3-4-13(11)16/h3-8H,2,9H2,1H3,(H,19,20). The average Bonchev–Trinajstić information content (AvgIpc) is 2.48. The van der Waals surface area contributed by atoms with Crippen LogP contribution in [0.3, 0.4) is 0 Å². The molecule has 0 radical (unpaired) electrons.